The minimum absolute atomic E-state index is 0.0782. The van der Waals surface area contributed by atoms with Crippen LogP contribution in [0, 0.1) is 5.82 Å². The number of rotatable bonds is 7. The van der Waals surface area contributed by atoms with E-state index in [2.05, 4.69) is 5.32 Å². The predicted molar refractivity (Wildman–Crippen MR) is 108 cm³/mol. The molecule has 0 fully saturated rings. The van der Waals surface area contributed by atoms with Gasteiger partial charge in [-0.2, -0.15) is 0 Å². The molecule has 0 saturated heterocycles. The molecule has 0 saturated carbocycles. The quantitative estimate of drug-likeness (QED) is 0.736. The molecule has 0 aliphatic rings. The average Bonchev–Trinajstić information content (AvgIpc) is 2.64. The van der Waals surface area contributed by atoms with Gasteiger partial charge >= 0.3 is 0 Å². The minimum Gasteiger partial charge on any atom is -0.325 e. The van der Waals surface area contributed by atoms with Crippen LogP contribution < -0.4 is 5.32 Å². The summed E-state index contributed by atoms with van der Waals surface area (Å²) in [4.78, 5) is 14.3. The van der Waals surface area contributed by atoms with Gasteiger partial charge in [-0.15, -0.1) is 0 Å². The number of hydrogen-bond acceptors (Lipinski definition) is 4. The second kappa shape index (κ2) is 9.00. The minimum atomic E-state index is -3.61. The smallest absolute Gasteiger partial charge is 0.242 e. The topological polar surface area (TPSA) is 69.7 Å². The average molecular weight is 428 g/mol. The van der Waals surface area contributed by atoms with Crippen molar-refractivity contribution in [1.29, 1.82) is 0 Å². The summed E-state index contributed by atoms with van der Waals surface area (Å²) >= 11 is 6.05. The van der Waals surface area contributed by atoms with E-state index in [0.717, 1.165) is 4.31 Å². The van der Waals surface area contributed by atoms with E-state index in [1.165, 1.54) is 38.4 Å². The lowest BCUT2D eigenvalue weighted by Gasteiger charge is -2.24. The van der Waals surface area contributed by atoms with Crippen molar-refractivity contribution in [2.45, 2.75) is 24.4 Å². The predicted octanol–water partition coefficient (Wildman–Crippen LogP) is 3.19. The highest BCUT2D eigenvalue weighted by atomic mass is 35.5. The molecular weight excluding hydrogens is 405 g/mol. The van der Waals surface area contributed by atoms with Gasteiger partial charge in [0, 0.05) is 36.9 Å². The number of amides is 1. The number of nitrogens with one attached hydrogen (secondary N) is 1. The van der Waals surface area contributed by atoms with Crippen LogP contribution in [0.4, 0.5) is 10.1 Å². The van der Waals surface area contributed by atoms with Crippen LogP contribution in [0.5, 0.6) is 0 Å². The van der Waals surface area contributed by atoms with Crippen LogP contribution in [0.1, 0.15) is 12.5 Å². The Hall–Kier alpha value is -2.00. The fourth-order valence-corrected chi connectivity index (χ4v) is 3.63. The maximum atomic E-state index is 14.0. The van der Waals surface area contributed by atoms with Gasteiger partial charge in [0.25, 0.3) is 0 Å². The van der Waals surface area contributed by atoms with Crippen LogP contribution in [0.25, 0.3) is 0 Å². The highest BCUT2D eigenvalue weighted by Crippen LogP contribution is 2.22. The van der Waals surface area contributed by atoms with Gasteiger partial charge in [-0.05, 0) is 44.3 Å². The number of benzene rings is 2. The number of carbonyl (C=O) groups is 1. The molecule has 1 unspecified atom stereocenters. The van der Waals surface area contributed by atoms with Gasteiger partial charge in [0.15, 0.2) is 0 Å². The zero-order valence-electron chi connectivity index (χ0n) is 16.1. The zero-order chi connectivity index (χ0) is 21.1. The molecule has 152 valence electrons. The van der Waals surface area contributed by atoms with Gasteiger partial charge in [0.2, 0.25) is 15.9 Å². The molecule has 2 aromatic carbocycles. The second-order valence-electron chi connectivity index (χ2n) is 6.60. The monoisotopic (exact) mass is 427 g/mol. The lowest BCUT2D eigenvalue weighted by atomic mass is 10.1. The molecule has 2 aromatic rings. The van der Waals surface area contributed by atoms with E-state index < -0.39 is 21.9 Å². The molecule has 1 amide bonds. The zero-order valence-corrected chi connectivity index (χ0v) is 17.7. The lowest BCUT2D eigenvalue weighted by Crippen LogP contribution is -2.39. The van der Waals surface area contributed by atoms with Crippen molar-refractivity contribution in [2.75, 3.05) is 26.5 Å². The van der Waals surface area contributed by atoms with E-state index in [4.69, 9.17) is 11.6 Å². The van der Waals surface area contributed by atoms with E-state index >= 15 is 0 Å². The molecule has 0 spiro atoms. The van der Waals surface area contributed by atoms with E-state index in [9.17, 15) is 17.6 Å². The van der Waals surface area contributed by atoms with E-state index in [1.54, 1.807) is 37.1 Å². The van der Waals surface area contributed by atoms with Crippen molar-refractivity contribution in [3.05, 3.63) is 58.9 Å². The third-order valence-corrected chi connectivity index (χ3v) is 6.56. The van der Waals surface area contributed by atoms with E-state index in [1.807, 2.05) is 0 Å². The highest BCUT2D eigenvalue weighted by Gasteiger charge is 2.22. The Morgan fingerprint density at radius 3 is 2.43 bits per heavy atom. The molecular formula is C19H23ClFN3O3S. The van der Waals surface area contributed by atoms with Crippen LogP contribution in [0.15, 0.2) is 47.4 Å². The molecule has 0 bridgehead atoms. The molecule has 0 heterocycles. The molecule has 6 nitrogen and oxygen atoms in total. The third-order valence-electron chi connectivity index (χ3n) is 4.39. The van der Waals surface area contributed by atoms with Crippen molar-refractivity contribution < 1.29 is 17.6 Å². The molecule has 2 rings (SSSR count). The van der Waals surface area contributed by atoms with Gasteiger partial charge in [-0.25, -0.2) is 17.1 Å². The number of nitrogens with zero attached hydrogens (tertiary/aromatic N) is 2. The summed E-state index contributed by atoms with van der Waals surface area (Å²) in [6.07, 6.45) is 0. The summed E-state index contributed by atoms with van der Waals surface area (Å²) in [5, 5.41) is 2.99. The van der Waals surface area contributed by atoms with Crippen LogP contribution in [-0.2, 0) is 21.4 Å². The molecule has 28 heavy (non-hydrogen) atoms. The summed E-state index contributed by atoms with van der Waals surface area (Å²) < 4.78 is 39.5. The first kappa shape index (κ1) is 22.3. The first-order valence-corrected chi connectivity index (χ1v) is 10.3. The first-order chi connectivity index (χ1) is 13.0. The maximum absolute atomic E-state index is 14.0. The lowest BCUT2D eigenvalue weighted by molar-refractivity contribution is -0.120. The molecule has 1 atom stereocenters. The number of hydrogen-bond donors (Lipinski definition) is 1. The fourth-order valence-electron chi connectivity index (χ4n) is 2.46. The number of carbonyl (C=O) groups excluding carboxylic acids is 1. The molecule has 0 aliphatic heterocycles. The van der Waals surface area contributed by atoms with Gasteiger partial charge in [0.1, 0.15) is 5.82 Å². The third kappa shape index (κ3) is 5.08. The van der Waals surface area contributed by atoms with Crippen molar-refractivity contribution >= 4 is 33.2 Å². The summed E-state index contributed by atoms with van der Waals surface area (Å²) in [6, 6.07) is 9.84. The molecule has 1 N–H and O–H groups in total. The Bertz CT molecular complexity index is 946. The molecule has 0 aliphatic carbocycles. The Morgan fingerprint density at radius 1 is 1.18 bits per heavy atom. The van der Waals surface area contributed by atoms with Gasteiger partial charge in [0.05, 0.1) is 10.9 Å². The van der Waals surface area contributed by atoms with Crippen molar-refractivity contribution in [3.8, 4) is 0 Å². The summed E-state index contributed by atoms with van der Waals surface area (Å²) in [5.74, 6) is -0.789. The van der Waals surface area contributed by atoms with Gasteiger partial charge < -0.3 is 5.32 Å². The Kier molecular flexibility index (Phi) is 7.16. The Morgan fingerprint density at radius 2 is 1.82 bits per heavy atom. The van der Waals surface area contributed by atoms with Crippen LogP contribution in [0.2, 0.25) is 5.02 Å². The van der Waals surface area contributed by atoms with E-state index in [0.29, 0.717) is 16.3 Å². The van der Waals surface area contributed by atoms with E-state index in [-0.39, 0.29) is 17.3 Å². The summed E-state index contributed by atoms with van der Waals surface area (Å²) in [5.41, 5.74) is 0.669. The Labute approximate surface area is 170 Å². The standard InChI is InChI=1S/C19H23ClFN3O3S/c1-13(24(4)12-16-17(20)9-6-10-18(16)21)19(25)22-14-7-5-8-15(11-14)28(26,27)23(2)3/h5-11,13H,12H2,1-4H3,(H,22,25). The molecule has 0 radical (unpaired) electrons. The largest absolute Gasteiger partial charge is 0.325 e. The SMILES string of the molecule is CC(C(=O)Nc1cccc(S(=O)(=O)N(C)C)c1)N(C)Cc1c(F)cccc1Cl. The van der Waals surface area contributed by atoms with Crippen LogP contribution in [0.3, 0.4) is 0 Å². The second-order valence-corrected chi connectivity index (χ2v) is 9.15. The molecule has 0 aromatic heterocycles. The molecule has 9 heteroatoms. The van der Waals surface area contributed by atoms with Crippen molar-refractivity contribution in [3.63, 3.8) is 0 Å². The van der Waals surface area contributed by atoms with Gasteiger partial charge in [-0.3, -0.25) is 9.69 Å². The number of anilines is 1. The highest BCUT2D eigenvalue weighted by molar-refractivity contribution is 7.89. The first-order valence-electron chi connectivity index (χ1n) is 8.50. The van der Waals surface area contributed by atoms with Crippen molar-refractivity contribution in [2.24, 2.45) is 0 Å². The number of likely N-dealkylation sites (N-methyl/N-ethyl adjacent to an activating group) is 1. The van der Waals surface area contributed by atoms with Crippen LogP contribution in [-0.4, -0.2) is 50.7 Å². The van der Waals surface area contributed by atoms with Gasteiger partial charge in [-0.1, -0.05) is 23.7 Å². The number of sulfonamides is 1. The summed E-state index contributed by atoms with van der Waals surface area (Å²) in [7, 11) is 0.946. The maximum Gasteiger partial charge on any atom is 0.242 e. The fraction of sp³-hybridized carbons (Fsp3) is 0.316. The van der Waals surface area contributed by atoms with Crippen molar-refractivity contribution in [1.82, 2.24) is 9.21 Å². The normalized spacial score (nSPS) is 13.0. The Balaban J connectivity index is 2.12. The number of halogens is 2. The summed E-state index contributed by atoms with van der Waals surface area (Å²) in [6.45, 7) is 1.82. The van der Waals surface area contributed by atoms with Crippen LogP contribution >= 0.6 is 11.6 Å².